The van der Waals surface area contributed by atoms with Gasteiger partial charge in [0.1, 0.15) is 11.5 Å². The van der Waals surface area contributed by atoms with Crippen LogP contribution in [0, 0.1) is 22.9 Å². The van der Waals surface area contributed by atoms with Crippen molar-refractivity contribution in [2.75, 3.05) is 18.0 Å². The van der Waals surface area contributed by atoms with Gasteiger partial charge in [-0.15, -0.1) is 0 Å². The van der Waals surface area contributed by atoms with E-state index in [-0.39, 0.29) is 23.5 Å². The van der Waals surface area contributed by atoms with E-state index in [0.717, 1.165) is 24.9 Å². The van der Waals surface area contributed by atoms with Gasteiger partial charge in [-0.05, 0) is 49.6 Å². The monoisotopic (exact) mass is 437 g/mol. The van der Waals surface area contributed by atoms with E-state index < -0.39 is 4.92 Å². The molecule has 1 atom stereocenters. The number of amides is 1. The Morgan fingerprint density at radius 1 is 1.25 bits per heavy atom. The minimum Gasteiger partial charge on any atom is -0.367 e. The lowest BCUT2D eigenvalue weighted by atomic mass is 10.0. The topological polar surface area (TPSA) is 93.3 Å². The number of hydrogen-bond acceptors (Lipinski definition) is 5. The molecule has 1 aliphatic heterocycles. The fourth-order valence-corrected chi connectivity index (χ4v) is 4.05. The van der Waals surface area contributed by atoms with Crippen molar-refractivity contribution < 1.29 is 14.1 Å². The summed E-state index contributed by atoms with van der Waals surface area (Å²) in [4.78, 5) is 25.5. The molecule has 1 unspecified atom stereocenters. The van der Waals surface area contributed by atoms with Crippen LogP contribution in [0.25, 0.3) is 11.3 Å². The highest BCUT2D eigenvalue weighted by molar-refractivity contribution is 6.00. The summed E-state index contributed by atoms with van der Waals surface area (Å²) in [6.45, 7) is 3.17. The van der Waals surface area contributed by atoms with E-state index in [0.29, 0.717) is 29.1 Å². The third-order valence-corrected chi connectivity index (χ3v) is 5.62. The molecule has 1 fully saturated rings. The summed E-state index contributed by atoms with van der Waals surface area (Å²) in [7, 11) is 1.72. The second kappa shape index (κ2) is 8.78. The molecule has 0 radical (unpaired) electrons. The number of aromatic nitrogens is 2. The van der Waals surface area contributed by atoms with Crippen LogP contribution in [0.1, 0.15) is 28.8 Å². The predicted octanol–water partition coefficient (Wildman–Crippen LogP) is 3.84. The van der Waals surface area contributed by atoms with Gasteiger partial charge in [0, 0.05) is 50.1 Å². The van der Waals surface area contributed by atoms with E-state index >= 15 is 0 Å². The summed E-state index contributed by atoms with van der Waals surface area (Å²) in [6, 6.07) is 10.8. The van der Waals surface area contributed by atoms with Crippen LogP contribution in [0.3, 0.4) is 0 Å². The number of aryl methyl sites for hydroxylation is 2. The van der Waals surface area contributed by atoms with Crippen molar-refractivity contribution in [3.8, 4) is 11.3 Å². The summed E-state index contributed by atoms with van der Waals surface area (Å²) in [6.07, 6.45) is 3.26. The maximum absolute atomic E-state index is 14.3. The van der Waals surface area contributed by atoms with E-state index in [1.54, 1.807) is 36.1 Å². The van der Waals surface area contributed by atoms with E-state index in [2.05, 4.69) is 10.4 Å². The molecule has 1 saturated heterocycles. The summed E-state index contributed by atoms with van der Waals surface area (Å²) < 4.78 is 15.9. The number of nitro groups is 1. The van der Waals surface area contributed by atoms with Gasteiger partial charge in [-0.25, -0.2) is 4.39 Å². The fraction of sp³-hybridized carbons (Fsp3) is 0.304. The van der Waals surface area contributed by atoms with Gasteiger partial charge < -0.3 is 10.2 Å². The van der Waals surface area contributed by atoms with E-state index in [9.17, 15) is 19.3 Å². The molecule has 1 aliphatic rings. The molecule has 2 heterocycles. The molecular formula is C23H24FN5O3. The Balaban J connectivity index is 1.52. The number of nitrogens with zero attached hydrogens (tertiary/aromatic N) is 4. The first-order valence-corrected chi connectivity index (χ1v) is 10.4. The molecule has 0 aliphatic carbocycles. The van der Waals surface area contributed by atoms with Crippen LogP contribution in [0.2, 0.25) is 0 Å². The molecule has 1 N–H and O–H groups in total. The third-order valence-electron chi connectivity index (χ3n) is 5.62. The van der Waals surface area contributed by atoms with Crippen LogP contribution in [0.15, 0.2) is 48.7 Å². The number of carbonyl (C=O) groups excluding carboxylic acids is 1. The average Bonchev–Trinajstić information content (AvgIpc) is 3.17. The Kier molecular flexibility index (Phi) is 5.89. The van der Waals surface area contributed by atoms with Crippen molar-refractivity contribution >= 4 is 17.3 Å². The van der Waals surface area contributed by atoms with E-state index in [4.69, 9.17) is 0 Å². The molecular weight excluding hydrogens is 413 g/mol. The molecule has 4 rings (SSSR count). The molecule has 1 aromatic heterocycles. The number of piperidine rings is 1. The number of benzene rings is 2. The van der Waals surface area contributed by atoms with Crippen molar-refractivity contribution in [1.82, 2.24) is 15.1 Å². The molecule has 0 bridgehead atoms. The highest BCUT2D eigenvalue weighted by Crippen LogP contribution is 2.26. The summed E-state index contributed by atoms with van der Waals surface area (Å²) in [5, 5.41) is 18.3. The normalized spacial score (nSPS) is 16.1. The summed E-state index contributed by atoms with van der Waals surface area (Å²) in [5.74, 6) is -0.543. The van der Waals surface area contributed by atoms with Crippen LogP contribution >= 0.6 is 0 Å². The van der Waals surface area contributed by atoms with Gasteiger partial charge >= 0.3 is 0 Å². The maximum Gasteiger partial charge on any atom is 0.269 e. The van der Waals surface area contributed by atoms with E-state index in [1.807, 2.05) is 17.9 Å². The number of nitrogens with one attached hydrogen (secondary N) is 1. The van der Waals surface area contributed by atoms with Gasteiger partial charge in [0.2, 0.25) is 0 Å². The van der Waals surface area contributed by atoms with Crippen LogP contribution in [-0.4, -0.2) is 39.7 Å². The minimum atomic E-state index is -0.471. The van der Waals surface area contributed by atoms with Crippen LogP contribution in [-0.2, 0) is 7.05 Å². The lowest BCUT2D eigenvalue weighted by Gasteiger charge is -2.35. The second-order valence-corrected chi connectivity index (χ2v) is 8.08. The molecule has 0 saturated carbocycles. The highest BCUT2D eigenvalue weighted by Gasteiger charge is 2.26. The van der Waals surface area contributed by atoms with Crippen molar-refractivity contribution in [2.24, 2.45) is 7.05 Å². The average molecular weight is 437 g/mol. The van der Waals surface area contributed by atoms with Gasteiger partial charge in [-0.3, -0.25) is 19.6 Å². The first kappa shape index (κ1) is 21.5. The SMILES string of the molecule is Cc1ccc(F)c(N2CCCC(NC(=O)c3cn(C)nc3-c3ccc([N+](=O)[O-])cc3)C2)c1. The molecule has 1 amide bonds. The smallest absolute Gasteiger partial charge is 0.269 e. The van der Waals surface area contributed by atoms with Gasteiger partial charge in [-0.1, -0.05) is 6.07 Å². The van der Waals surface area contributed by atoms with Crippen molar-refractivity contribution in [3.05, 3.63) is 75.7 Å². The van der Waals surface area contributed by atoms with Crippen molar-refractivity contribution in [1.29, 1.82) is 0 Å². The molecule has 8 nitrogen and oxygen atoms in total. The van der Waals surface area contributed by atoms with Gasteiger partial charge in [0.15, 0.2) is 0 Å². The zero-order chi connectivity index (χ0) is 22.8. The Morgan fingerprint density at radius 2 is 2.00 bits per heavy atom. The van der Waals surface area contributed by atoms with Crippen LogP contribution in [0.4, 0.5) is 15.8 Å². The number of carbonyl (C=O) groups is 1. The molecule has 2 aromatic carbocycles. The first-order chi connectivity index (χ1) is 15.3. The predicted molar refractivity (Wildman–Crippen MR) is 119 cm³/mol. The number of hydrogen-bond donors (Lipinski definition) is 1. The quantitative estimate of drug-likeness (QED) is 0.484. The number of halogens is 1. The highest BCUT2D eigenvalue weighted by atomic mass is 19.1. The zero-order valence-corrected chi connectivity index (χ0v) is 17.9. The number of nitro benzene ring substituents is 1. The summed E-state index contributed by atoms with van der Waals surface area (Å²) in [5.41, 5.74) is 2.97. The molecule has 166 valence electrons. The maximum atomic E-state index is 14.3. The van der Waals surface area contributed by atoms with Crippen molar-refractivity contribution in [3.63, 3.8) is 0 Å². The van der Waals surface area contributed by atoms with E-state index in [1.165, 1.54) is 18.2 Å². The summed E-state index contributed by atoms with van der Waals surface area (Å²) >= 11 is 0. The second-order valence-electron chi connectivity index (χ2n) is 8.08. The largest absolute Gasteiger partial charge is 0.367 e. The third kappa shape index (κ3) is 4.46. The minimum absolute atomic E-state index is 0.0265. The van der Waals surface area contributed by atoms with Crippen LogP contribution in [0.5, 0.6) is 0 Å². The lowest BCUT2D eigenvalue weighted by Crippen LogP contribution is -2.48. The van der Waals surface area contributed by atoms with Crippen molar-refractivity contribution in [2.45, 2.75) is 25.8 Å². The van der Waals surface area contributed by atoms with Gasteiger partial charge in [0.05, 0.1) is 16.2 Å². The Labute approximate surface area is 184 Å². The molecule has 0 spiro atoms. The first-order valence-electron chi connectivity index (χ1n) is 10.4. The van der Waals surface area contributed by atoms with Gasteiger partial charge in [0.25, 0.3) is 11.6 Å². The molecule has 32 heavy (non-hydrogen) atoms. The van der Waals surface area contributed by atoms with Crippen LogP contribution < -0.4 is 10.2 Å². The fourth-order valence-electron chi connectivity index (χ4n) is 4.05. The number of anilines is 1. The number of rotatable bonds is 5. The molecule has 9 heteroatoms. The standard InChI is InChI=1S/C23H24FN5O3/c1-15-5-10-20(24)21(12-15)28-11-3-4-17(13-28)25-23(30)19-14-27(2)26-22(19)16-6-8-18(9-7-16)29(31)32/h5-10,12,14,17H,3-4,11,13H2,1-2H3,(H,25,30). The van der Waals surface area contributed by atoms with Gasteiger partial charge in [-0.2, -0.15) is 5.10 Å². The Hall–Kier alpha value is -3.75. The number of non-ortho nitro benzene ring substituents is 1. The Bertz CT molecular complexity index is 1160. The zero-order valence-electron chi connectivity index (χ0n) is 17.9. The Morgan fingerprint density at radius 3 is 2.72 bits per heavy atom. The lowest BCUT2D eigenvalue weighted by molar-refractivity contribution is -0.384. The molecule has 3 aromatic rings.